The molecule has 0 atom stereocenters. The first-order chi connectivity index (χ1) is 17.5. The number of phenolic OH excluding ortho intramolecular Hbond substituents is 1. The van der Waals surface area contributed by atoms with Gasteiger partial charge in [0.25, 0.3) is 0 Å². The molecule has 10 nitrogen and oxygen atoms in total. The lowest BCUT2D eigenvalue weighted by Gasteiger charge is -2.27. The molecule has 1 aromatic carbocycles. The zero-order valence-electron chi connectivity index (χ0n) is 19.9. The van der Waals surface area contributed by atoms with Crippen LogP contribution >= 0.6 is 0 Å². The van der Waals surface area contributed by atoms with Crippen LogP contribution in [0.5, 0.6) is 5.75 Å². The van der Waals surface area contributed by atoms with E-state index in [0.29, 0.717) is 37.7 Å². The molecular formula is C25H25FN8O2. The Morgan fingerprint density at radius 2 is 1.72 bits per heavy atom. The van der Waals surface area contributed by atoms with Crippen molar-refractivity contribution in [3.05, 3.63) is 60.8 Å². The second-order valence-corrected chi connectivity index (χ2v) is 8.42. The third-order valence-corrected chi connectivity index (χ3v) is 5.63. The summed E-state index contributed by atoms with van der Waals surface area (Å²) in [7, 11) is 3.82. The van der Waals surface area contributed by atoms with Crippen LogP contribution in [0, 0.1) is 5.82 Å². The standard InChI is InChI=1S/C25H25FN8O2/c1-33(2)18-11-17(12-19(35)13-18)30-16-3-4-21(28-14-16)22-5-6-27-23(31-22)24-29-15-20(26)25(32-24)34-7-9-36-10-8-34/h3-6,11-15,30,35H,7-10H2,1-2H3. The van der Waals surface area contributed by atoms with Gasteiger partial charge in [-0.15, -0.1) is 0 Å². The maximum absolute atomic E-state index is 14.4. The van der Waals surface area contributed by atoms with Crippen LogP contribution < -0.4 is 15.1 Å². The average molecular weight is 489 g/mol. The van der Waals surface area contributed by atoms with E-state index in [2.05, 4.69) is 30.2 Å². The van der Waals surface area contributed by atoms with Crippen LogP contribution in [0.15, 0.2) is 55.0 Å². The summed E-state index contributed by atoms with van der Waals surface area (Å²) in [5.74, 6) is 0.406. The molecule has 0 spiro atoms. The largest absolute Gasteiger partial charge is 0.508 e. The average Bonchev–Trinajstić information content (AvgIpc) is 2.89. The Balaban J connectivity index is 1.37. The number of hydrogen-bond acceptors (Lipinski definition) is 10. The molecule has 0 aliphatic carbocycles. The van der Waals surface area contributed by atoms with E-state index in [1.165, 1.54) is 0 Å². The maximum Gasteiger partial charge on any atom is 0.199 e. The van der Waals surface area contributed by atoms with Crippen LogP contribution in [0.25, 0.3) is 23.0 Å². The normalized spacial score (nSPS) is 13.5. The Labute approximate surface area is 207 Å². The molecule has 4 heterocycles. The highest BCUT2D eigenvalue weighted by Gasteiger charge is 2.19. The Hall–Kier alpha value is -4.38. The van der Waals surface area contributed by atoms with Crippen molar-refractivity contribution in [2.45, 2.75) is 0 Å². The van der Waals surface area contributed by atoms with Crippen LogP contribution in [0.4, 0.5) is 27.3 Å². The summed E-state index contributed by atoms with van der Waals surface area (Å²) in [6.45, 7) is 2.14. The molecule has 0 radical (unpaired) electrons. The Morgan fingerprint density at radius 1 is 0.917 bits per heavy atom. The number of anilines is 4. The highest BCUT2D eigenvalue weighted by molar-refractivity contribution is 5.68. The molecule has 1 fully saturated rings. The van der Waals surface area contributed by atoms with Crippen LogP contribution in [-0.2, 0) is 4.74 Å². The van der Waals surface area contributed by atoms with Gasteiger partial charge in [-0.25, -0.2) is 24.3 Å². The van der Waals surface area contributed by atoms with Gasteiger partial charge in [-0.05, 0) is 24.3 Å². The lowest BCUT2D eigenvalue weighted by molar-refractivity contribution is 0.122. The molecule has 1 aliphatic heterocycles. The minimum absolute atomic E-state index is 0.168. The van der Waals surface area contributed by atoms with Gasteiger partial charge in [0, 0.05) is 56.9 Å². The lowest BCUT2D eigenvalue weighted by Crippen LogP contribution is -2.37. The van der Waals surface area contributed by atoms with Crippen LogP contribution in [0.1, 0.15) is 0 Å². The molecule has 184 valence electrons. The first-order valence-corrected chi connectivity index (χ1v) is 11.4. The fraction of sp³-hybridized carbons (Fsp3) is 0.240. The molecule has 3 aromatic heterocycles. The van der Waals surface area contributed by atoms with Gasteiger partial charge >= 0.3 is 0 Å². The molecule has 4 aromatic rings. The topological polar surface area (TPSA) is 112 Å². The van der Waals surface area contributed by atoms with Crippen molar-refractivity contribution in [3.63, 3.8) is 0 Å². The number of halogens is 1. The number of nitrogens with zero attached hydrogens (tertiary/aromatic N) is 7. The van der Waals surface area contributed by atoms with E-state index in [9.17, 15) is 9.50 Å². The van der Waals surface area contributed by atoms with E-state index in [1.807, 2.05) is 42.1 Å². The maximum atomic E-state index is 14.4. The number of ether oxygens (including phenoxy) is 1. The highest BCUT2D eigenvalue weighted by Crippen LogP contribution is 2.28. The molecular weight excluding hydrogens is 463 g/mol. The van der Waals surface area contributed by atoms with Gasteiger partial charge < -0.3 is 25.0 Å². The Bertz CT molecular complexity index is 1360. The summed E-state index contributed by atoms with van der Waals surface area (Å²) in [4.78, 5) is 25.6. The van der Waals surface area contributed by atoms with Gasteiger partial charge in [-0.1, -0.05) is 0 Å². The monoisotopic (exact) mass is 488 g/mol. The summed E-state index contributed by atoms with van der Waals surface area (Å²) in [6, 6.07) is 10.7. The van der Waals surface area contributed by atoms with Crippen LogP contribution in [0.3, 0.4) is 0 Å². The van der Waals surface area contributed by atoms with Gasteiger partial charge in [0.05, 0.1) is 42.7 Å². The van der Waals surface area contributed by atoms with Crippen LogP contribution in [0.2, 0.25) is 0 Å². The second kappa shape index (κ2) is 10.1. The molecule has 0 bridgehead atoms. The van der Waals surface area contributed by atoms with Crippen molar-refractivity contribution in [1.82, 2.24) is 24.9 Å². The number of benzene rings is 1. The molecule has 11 heteroatoms. The number of rotatable bonds is 6. The number of aromatic hydroxyl groups is 1. The van der Waals surface area contributed by atoms with Crippen molar-refractivity contribution in [2.24, 2.45) is 0 Å². The predicted molar refractivity (Wildman–Crippen MR) is 135 cm³/mol. The van der Waals surface area contributed by atoms with E-state index in [1.54, 1.807) is 30.6 Å². The SMILES string of the molecule is CN(C)c1cc(O)cc(Nc2ccc(-c3ccnc(-c4ncc(F)c(N5CCOCC5)n4)n3)nc2)c1. The number of aromatic nitrogens is 5. The minimum Gasteiger partial charge on any atom is -0.508 e. The summed E-state index contributed by atoms with van der Waals surface area (Å²) in [6.07, 6.45) is 4.43. The number of pyridine rings is 1. The summed E-state index contributed by atoms with van der Waals surface area (Å²) in [5.41, 5.74) is 3.57. The molecule has 2 N–H and O–H groups in total. The van der Waals surface area contributed by atoms with Gasteiger partial charge in [0.2, 0.25) is 0 Å². The van der Waals surface area contributed by atoms with Gasteiger partial charge in [-0.3, -0.25) is 4.98 Å². The van der Waals surface area contributed by atoms with Gasteiger partial charge in [0.15, 0.2) is 23.3 Å². The van der Waals surface area contributed by atoms with E-state index < -0.39 is 5.82 Å². The Morgan fingerprint density at radius 3 is 2.47 bits per heavy atom. The third-order valence-electron chi connectivity index (χ3n) is 5.63. The molecule has 36 heavy (non-hydrogen) atoms. The number of hydrogen-bond donors (Lipinski definition) is 2. The van der Waals surface area contributed by atoms with Crippen molar-refractivity contribution in [2.75, 3.05) is 55.5 Å². The van der Waals surface area contributed by atoms with Crippen molar-refractivity contribution < 1.29 is 14.2 Å². The number of phenols is 1. The van der Waals surface area contributed by atoms with Crippen molar-refractivity contribution in [1.29, 1.82) is 0 Å². The van der Waals surface area contributed by atoms with E-state index in [4.69, 9.17) is 4.74 Å². The fourth-order valence-electron chi connectivity index (χ4n) is 3.78. The molecule has 5 rings (SSSR count). The number of morpholine rings is 1. The third kappa shape index (κ3) is 5.15. The second-order valence-electron chi connectivity index (χ2n) is 8.42. The minimum atomic E-state index is -0.494. The summed E-state index contributed by atoms with van der Waals surface area (Å²) in [5, 5.41) is 13.3. The smallest absolute Gasteiger partial charge is 0.199 e. The van der Waals surface area contributed by atoms with Gasteiger partial charge in [-0.2, -0.15) is 0 Å². The quantitative estimate of drug-likeness (QED) is 0.418. The summed E-state index contributed by atoms with van der Waals surface area (Å²) < 4.78 is 19.8. The lowest BCUT2D eigenvalue weighted by atomic mass is 10.2. The Kier molecular flexibility index (Phi) is 6.54. The van der Waals surface area contributed by atoms with Gasteiger partial charge in [0.1, 0.15) is 5.75 Å². The molecule has 0 unspecified atom stereocenters. The zero-order valence-corrected chi connectivity index (χ0v) is 19.9. The number of nitrogens with one attached hydrogen (secondary N) is 1. The van der Waals surface area contributed by atoms with Crippen LogP contribution in [-0.4, -0.2) is 70.4 Å². The van der Waals surface area contributed by atoms with E-state index >= 15 is 0 Å². The first kappa shape index (κ1) is 23.4. The first-order valence-electron chi connectivity index (χ1n) is 11.4. The highest BCUT2D eigenvalue weighted by atomic mass is 19.1. The molecule has 1 saturated heterocycles. The predicted octanol–water partition coefficient (Wildman–Crippen LogP) is 3.49. The van der Waals surface area contributed by atoms with E-state index in [0.717, 1.165) is 23.3 Å². The fourth-order valence-corrected chi connectivity index (χ4v) is 3.78. The molecule has 0 amide bonds. The zero-order chi connectivity index (χ0) is 25.1. The summed E-state index contributed by atoms with van der Waals surface area (Å²) >= 11 is 0. The molecule has 1 aliphatic rings. The van der Waals surface area contributed by atoms with Crippen molar-refractivity contribution >= 4 is 22.9 Å². The van der Waals surface area contributed by atoms with Crippen molar-refractivity contribution in [3.8, 4) is 28.8 Å². The van der Waals surface area contributed by atoms with E-state index in [-0.39, 0.29) is 23.2 Å². The molecule has 0 saturated carbocycles.